The molecule has 0 aliphatic heterocycles. The molecule has 0 aromatic heterocycles. The van der Waals surface area contributed by atoms with E-state index in [1.165, 1.54) is 12.8 Å². The predicted octanol–water partition coefficient (Wildman–Crippen LogP) is 1.60. The molecule has 0 aromatic carbocycles. The second-order valence-corrected chi connectivity index (χ2v) is 4.85. The van der Waals surface area contributed by atoms with E-state index in [4.69, 9.17) is 18.0 Å². The second-order valence-electron chi connectivity index (χ2n) is 4.38. The Bertz CT molecular complexity index is 251. The van der Waals surface area contributed by atoms with Gasteiger partial charge >= 0.3 is 0 Å². The fourth-order valence-corrected chi connectivity index (χ4v) is 1.96. The maximum Gasteiger partial charge on any atom is 0.230 e. The summed E-state index contributed by atoms with van der Waals surface area (Å²) in [5, 5.41) is 3.00. The Hall–Kier alpha value is -0.640. The van der Waals surface area contributed by atoms with E-state index in [0.29, 0.717) is 10.9 Å². The molecule has 0 saturated heterocycles. The lowest BCUT2D eigenvalue weighted by Gasteiger charge is -2.18. The zero-order valence-corrected chi connectivity index (χ0v) is 10.3. The number of thiocarbonyl (C=S) groups is 1. The van der Waals surface area contributed by atoms with Gasteiger partial charge in [0, 0.05) is 6.04 Å². The highest BCUT2D eigenvalue weighted by Gasteiger charge is 2.30. The van der Waals surface area contributed by atoms with Gasteiger partial charge in [0.25, 0.3) is 0 Å². The van der Waals surface area contributed by atoms with Gasteiger partial charge in [-0.15, -0.1) is 0 Å². The molecule has 86 valence electrons. The van der Waals surface area contributed by atoms with Crippen molar-refractivity contribution in [2.24, 2.45) is 17.6 Å². The van der Waals surface area contributed by atoms with Gasteiger partial charge in [-0.2, -0.15) is 0 Å². The molecule has 0 bridgehead atoms. The van der Waals surface area contributed by atoms with Crippen molar-refractivity contribution in [3.8, 4) is 0 Å². The molecule has 1 saturated carbocycles. The minimum absolute atomic E-state index is 0.00347. The van der Waals surface area contributed by atoms with E-state index in [1.807, 2.05) is 6.92 Å². The number of rotatable bonds is 6. The summed E-state index contributed by atoms with van der Waals surface area (Å²) in [7, 11) is 0. The Morgan fingerprint density at radius 2 is 2.20 bits per heavy atom. The van der Waals surface area contributed by atoms with Crippen molar-refractivity contribution in [3.05, 3.63) is 0 Å². The molecule has 1 amide bonds. The minimum atomic E-state index is -0.286. The molecular weight excluding hydrogens is 208 g/mol. The average Bonchev–Trinajstić information content (AvgIpc) is 2.95. The molecule has 1 aliphatic carbocycles. The van der Waals surface area contributed by atoms with E-state index < -0.39 is 0 Å². The largest absolute Gasteiger partial charge is 0.393 e. The highest BCUT2D eigenvalue weighted by molar-refractivity contribution is 7.80. The van der Waals surface area contributed by atoms with E-state index in [1.54, 1.807) is 0 Å². The maximum atomic E-state index is 11.8. The van der Waals surface area contributed by atoms with Crippen molar-refractivity contribution in [2.75, 3.05) is 0 Å². The van der Waals surface area contributed by atoms with Crippen LogP contribution in [0.15, 0.2) is 0 Å². The van der Waals surface area contributed by atoms with E-state index in [9.17, 15) is 4.79 Å². The van der Waals surface area contributed by atoms with Gasteiger partial charge < -0.3 is 11.1 Å². The summed E-state index contributed by atoms with van der Waals surface area (Å²) >= 11 is 4.91. The number of nitrogens with two attached hydrogens (primary N) is 1. The standard InChI is InChI=1S/C11H20N2OS/c1-3-4-9(10(12)15)11(14)13-7(2)8-5-6-8/h7-9H,3-6H2,1-2H3,(H2,12,15)(H,13,14). The lowest BCUT2D eigenvalue weighted by molar-refractivity contribution is -0.123. The third kappa shape index (κ3) is 3.78. The van der Waals surface area contributed by atoms with Crippen LogP contribution in [0.5, 0.6) is 0 Å². The first-order chi connectivity index (χ1) is 7.06. The van der Waals surface area contributed by atoms with Gasteiger partial charge in [0.1, 0.15) is 0 Å². The van der Waals surface area contributed by atoms with Gasteiger partial charge in [0.05, 0.1) is 10.9 Å². The highest BCUT2D eigenvalue weighted by Crippen LogP contribution is 2.32. The number of carbonyl (C=O) groups is 1. The molecule has 15 heavy (non-hydrogen) atoms. The molecule has 0 spiro atoms. The van der Waals surface area contributed by atoms with Crippen LogP contribution in [0.25, 0.3) is 0 Å². The summed E-state index contributed by atoms with van der Waals surface area (Å²) in [5.41, 5.74) is 5.56. The zero-order chi connectivity index (χ0) is 11.4. The topological polar surface area (TPSA) is 55.1 Å². The number of nitrogens with one attached hydrogen (secondary N) is 1. The Kier molecular flexibility index (Phi) is 4.51. The molecule has 3 nitrogen and oxygen atoms in total. The molecule has 1 aliphatic rings. The van der Waals surface area contributed by atoms with Crippen LogP contribution in [-0.4, -0.2) is 16.9 Å². The summed E-state index contributed by atoms with van der Waals surface area (Å²) in [5.74, 6) is 0.387. The minimum Gasteiger partial charge on any atom is -0.393 e. The summed E-state index contributed by atoms with van der Waals surface area (Å²) < 4.78 is 0. The average molecular weight is 228 g/mol. The molecule has 1 fully saturated rings. The number of hydrogen-bond donors (Lipinski definition) is 2. The fourth-order valence-electron chi connectivity index (χ4n) is 1.73. The van der Waals surface area contributed by atoms with Crippen LogP contribution in [0.1, 0.15) is 39.5 Å². The number of hydrogen-bond acceptors (Lipinski definition) is 2. The van der Waals surface area contributed by atoms with Crippen molar-refractivity contribution >= 4 is 23.1 Å². The van der Waals surface area contributed by atoms with Gasteiger partial charge in [-0.25, -0.2) is 0 Å². The first-order valence-corrected chi connectivity index (χ1v) is 6.06. The molecule has 0 heterocycles. The maximum absolute atomic E-state index is 11.8. The van der Waals surface area contributed by atoms with E-state index in [2.05, 4.69) is 12.2 Å². The van der Waals surface area contributed by atoms with Crippen LogP contribution >= 0.6 is 12.2 Å². The summed E-state index contributed by atoms with van der Waals surface area (Å²) in [4.78, 5) is 12.2. The van der Waals surface area contributed by atoms with Crippen LogP contribution in [0, 0.1) is 11.8 Å². The smallest absolute Gasteiger partial charge is 0.230 e. The molecule has 2 unspecified atom stereocenters. The van der Waals surface area contributed by atoms with Crippen LogP contribution in [0.4, 0.5) is 0 Å². The lowest BCUT2D eigenvalue weighted by Crippen LogP contribution is -2.42. The van der Waals surface area contributed by atoms with Gasteiger partial charge in [-0.05, 0) is 32.1 Å². The molecule has 2 atom stereocenters. The highest BCUT2D eigenvalue weighted by atomic mass is 32.1. The Morgan fingerprint density at radius 1 is 1.60 bits per heavy atom. The van der Waals surface area contributed by atoms with Gasteiger partial charge in [0.15, 0.2) is 0 Å². The van der Waals surface area contributed by atoms with Gasteiger partial charge in [-0.1, -0.05) is 25.6 Å². The molecule has 1 rings (SSSR count). The zero-order valence-electron chi connectivity index (χ0n) is 9.45. The quantitative estimate of drug-likeness (QED) is 0.679. The lowest BCUT2D eigenvalue weighted by atomic mass is 10.0. The van der Waals surface area contributed by atoms with Crippen molar-refractivity contribution in [1.29, 1.82) is 0 Å². The van der Waals surface area contributed by atoms with Crippen LogP contribution in [-0.2, 0) is 4.79 Å². The monoisotopic (exact) mass is 228 g/mol. The molecule has 0 aromatic rings. The van der Waals surface area contributed by atoms with Crippen molar-refractivity contribution < 1.29 is 4.79 Å². The van der Waals surface area contributed by atoms with E-state index in [-0.39, 0.29) is 17.9 Å². The van der Waals surface area contributed by atoms with Crippen LogP contribution in [0.2, 0.25) is 0 Å². The van der Waals surface area contributed by atoms with Crippen molar-refractivity contribution in [3.63, 3.8) is 0 Å². The van der Waals surface area contributed by atoms with Gasteiger partial charge in [0.2, 0.25) is 5.91 Å². The van der Waals surface area contributed by atoms with Crippen molar-refractivity contribution in [1.82, 2.24) is 5.32 Å². The van der Waals surface area contributed by atoms with E-state index in [0.717, 1.165) is 12.8 Å². The first-order valence-electron chi connectivity index (χ1n) is 5.66. The molecule has 3 N–H and O–H groups in total. The Labute approximate surface area is 96.8 Å². The third-order valence-corrected chi connectivity index (χ3v) is 3.22. The SMILES string of the molecule is CCCC(C(=O)NC(C)C1CC1)C(N)=S. The third-order valence-electron chi connectivity index (χ3n) is 2.94. The predicted molar refractivity (Wildman–Crippen MR) is 65.5 cm³/mol. The number of carbonyl (C=O) groups excluding carboxylic acids is 1. The van der Waals surface area contributed by atoms with Crippen molar-refractivity contribution in [2.45, 2.75) is 45.6 Å². The van der Waals surface area contributed by atoms with Crippen LogP contribution < -0.4 is 11.1 Å². The summed E-state index contributed by atoms with van der Waals surface area (Å²) in [6, 6.07) is 0.270. The Balaban J connectivity index is 2.43. The van der Waals surface area contributed by atoms with E-state index >= 15 is 0 Å². The van der Waals surface area contributed by atoms with Crippen LogP contribution in [0.3, 0.4) is 0 Å². The molecular formula is C11H20N2OS. The fraction of sp³-hybridized carbons (Fsp3) is 0.818. The first kappa shape index (κ1) is 12.4. The van der Waals surface area contributed by atoms with Gasteiger partial charge in [-0.3, -0.25) is 4.79 Å². The Morgan fingerprint density at radius 3 is 2.60 bits per heavy atom. The second kappa shape index (κ2) is 5.45. The normalized spacial score (nSPS) is 19.3. The molecule has 4 heteroatoms. The molecule has 0 radical (unpaired) electrons. The number of amides is 1. The summed E-state index contributed by atoms with van der Waals surface area (Å²) in [6.07, 6.45) is 4.13. The summed E-state index contributed by atoms with van der Waals surface area (Å²) in [6.45, 7) is 4.08.